The summed E-state index contributed by atoms with van der Waals surface area (Å²) in [6.07, 6.45) is 31.1. The van der Waals surface area contributed by atoms with Crippen molar-refractivity contribution in [3.63, 3.8) is 0 Å². The lowest BCUT2D eigenvalue weighted by Gasteiger charge is -2.27. The molecule has 1 saturated heterocycles. The smallest absolute Gasteiger partial charge is 0.306 e. The lowest BCUT2D eigenvalue weighted by molar-refractivity contribution is -0.143. The van der Waals surface area contributed by atoms with Crippen molar-refractivity contribution in [1.82, 2.24) is 15.5 Å². The minimum Gasteiger partial charge on any atom is -0.466 e. The molecule has 1 rings (SSSR count). The number of amides is 2. The molecule has 50 heavy (non-hydrogen) atoms. The largest absolute Gasteiger partial charge is 0.466 e. The summed E-state index contributed by atoms with van der Waals surface area (Å²) >= 11 is 1.67. The van der Waals surface area contributed by atoms with Gasteiger partial charge in [-0.25, -0.2) is 0 Å². The van der Waals surface area contributed by atoms with Crippen LogP contribution in [0.25, 0.3) is 0 Å². The van der Waals surface area contributed by atoms with Gasteiger partial charge in [0.25, 0.3) is 0 Å². The van der Waals surface area contributed by atoms with Crippen LogP contribution in [-0.4, -0.2) is 73.0 Å². The highest BCUT2D eigenvalue weighted by atomic mass is 32.2. The molecule has 0 saturated carbocycles. The summed E-state index contributed by atoms with van der Waals surface area (Å²) in [7, 11) is 0. The fourth-order valence-corrected chi connectivity index (χ4v) is 7.82. The SMILES string of the molecule is CCCCCCCCCCCCOC(=O)CCSCCC(NC(=O)C(CCCCCC)CCCCCCCC)C(=O)NCCN1CCCCC1. The van der Waals surface area contributed by atoms with Crippen molar-refractivity contribution in [2.24, 2.45) is 5.92 Å². The van der Waals surface area contributed by atoms with E-state index >= 15 is 0 Å². The molecule has 0 radical (unpaired) electrons. The van der Waals surface area contributed by atoms with Crippen LogP contribution in [0.5, 0.6) is 0 Å². The van der Waals surface area contributed by atoms with Gasteiger partial charge in [-0.2, -0.15) is 11.8 Å². The monoisotopic (exact) mass is 724 g/mol. The van der Waals surface area contributed by atoms with Gasteiger partial charge in [-0.05, 0) is 57.4 Å². The molecule has 8 heteroatoms. The van der Waals surface area contributed by atoms with Gasteiger partial charge in [0, 0.05) is 24.8 Å². The molecular formula is C42H81N3O4S. The number of piperidine rings is 1. The number of unbranched alkanes of at least 4 members (excludes halogenated alkanes) is 17. The summed E-state index contributed by atoms with van der Waals surface area (Å²) in [6, 6.07) is -0.539. The Morgan fingerprint density at radius 2 is 1.14 bits per heavy atom. The third kappa shape index (κ3) is 27.4. The molecule has 7 nitrogen and oxygen atoms in total. The Morgan fingerprint density at radius 3 is 1.72 bits per heavy atom. The number of carbonyl (C=O) groups is 3. The average Bonchev–Trinajstić information content (AvgIpc) is 3.12. The topological polar surface area (TPSA) is 87.7 Å². The molecule has 1 aliphatic rings. The average molecular weight is 724 g/mol. The van der Waals surface area contributed by atoms with Gasteiger partial charge in [0.05, 0.1) is 13.0 Å². The second kappa shape index (κ2) is 34.8. The zero-order chi connectivity index (χ0) is 36.3. The molecule has 2 amide bonds. The lowest BCUT2D eigenvalue weighted by Crippen LogP contribution is -2.50. The third-order valence-electron chi connectivity index (χ3n) is 10.3. The first kappa shape index (κ1) is 46.7. The van der Waals surface area contributed by atoms with E-state index in [9.17, 15) is 14.4 Å². The Kier molecular flexibility index (Phi) is 32.5. The van der Waals surface area contributed by atoms with E-state index in [1.54, 1.807) is 11.8 Å². The normalized spacial score (nSPS) is 14.7. The van der Waals surface area contributed by atoms with Crippen LogP contribution >= 0.6 is 11.8 Å². The molecule has 2 N–H and O–H groups in total. The molecule has 1 fully saturated rings. The van der Waals surface area contributed by atoms with Gasteiger partial charge in [0.15, 0.2) is 0 Å². The third-order valence-corrected chi connectivity index (χ3v) is 11.3. The van der Waals surface area contributed by atoms with E-state index in [2.05, 4.69) is 36.3 Å². The van der Waals surface area contributed by atoms with Crippen molar-refractivity contribution in [3.05, 3.63) is 0 Å². The number of hydrogen-bond acceptors (Lipinski definition) is 6. The molecule has 0 spiro atoms. The fraction of sp³-hybridized carbons (Fsp3) is 0.929. The Bertz CT molecular complexity index is 808. The van der Waals surface area contributed by atoms with Crippen LogP contribution in [0.3, 0.4) is 0 Å². The molecule has 0 aliphatic carbocycles. The number of nitrogens with zero attached hydrogens (tertiary/aromatic N) is 1. The second-order valence-electron chi connectivity index (χ2n) is 14.9. The lowest BCUT2D eigenvalue weighted by atomic mass is 9.93. The molecule has 0 aromatic carbocycles. The standard InChI is InChI=1S/C42H81N3O4S/c1-4-7-10-13-15-16-17-18-20-26-35-49-40(46)30-37-50-36-29-39(42(48)43-31-34-45-32-24-21-25-33-45)44-41(47)38(27-22-12-9-6-3)28-23-19-14-11-8-5-2/h38-39H,4-37H2,1-3H3,(H,43,48)(H,44,47). The number of likely N-dealkylation sites (tertiary alicyclic amines) is 1. The van der Waals surface area contributed by atoms with Crippen LogP contribution < -0.4 is 10.6 Å². The predicted octanol–water partition coefficient (Wildman–Crippen LogP) is 10.4. The molecule has 1 aliphatic heterocycles. The molecular weight excluding hydrogens is 643 g/mol. The van der Waals surface area contributed by atoms with Gasteiger partial charge in [-0.15, -0.1) is 0 Å². The number of carbonyl (C=O) groups excluding carboxylic acids is 3. The molecule has 0 aromatic heterocycles. The summed E-state index contributed by atoms with van der Waals surface area (Å²) in [4.78, 5) is 41.8. The van der Waals surface area contributed by atoms with E-state index in [-0.39, 0.29) is 23.7 Å². The van der Waals surface area contributed by atoms with E-state index in [0.29, 0.717) is 31.7 Å². The summed E-state index contributed by atoms with van der Waals surface area (Å²) < 4.78 is 5.48. The highest BCUT2D eigenvalue weighted by Gasteiger charge is 2.25. The van der Waals surface area contributed by atoms with E-state index in [0.717, 1.165) is 70.3 Å². The van der Waals surface area contributed by atoms with Gasteiger partial charge in [-0.3, -0.25) is 14.4 Å². The maximum atomic E-state index is 13.7. The molecule has 1 heterocycles. The van der Waals surface area contributed by atoms with Crippen molar-refractivity contribution in [1.29, 1.82) is 0 Å². The molecule has 2 unspecified atom stereocenters. The maximum Gasteiger partial charge on any atom is 0.306 e. The zero-order valence-corrected chi connectivity index (χ0v) is 34.0. The quantitative estimate of drug-likeness (QED) is 0.0500. The van der Waals surface area contributed by atoms with Gasteiger partial charge >= 0.3 is 5.97 Å². The Labute approximate surface area is 313 Å². The van der Waals surface area contributed by atoms with Crippen LogP contribution in [0.1, 0.15) is 194 Å². The Balaban J connectivity index is 2.49. The summed E-state index contributed by atoms with van der Waals surface area (Å²) in [5.41, 5.74) is 0. The van der Waals surface area contributed by atoms with Gasteiger partial charge in [0.1, 0.15) is 6.04 Å². The molecule has 294 valence electrons. The van der Waals surface area contributed by atoms with E-state index in [1.807, 2.05) is 0 Å². The van der Waals surface area contributed by atoms with Crippen molar-refractivity contribution < 1.29 is 19.1 Å². The van der Waals surface area contributed by atoms with E-state index in [1.165, 1.54) is 116 Å². The summed E-state index contributed by atoms with van der Waals surface area (Å²) in [5.74, 6) is 1.21. The second-order valence-corrected chi connectivity index (χ2v) is 16.1. The highest BCUT2D eigenvalue weighted by Crippen LogP contribution is 2.20. The first-order chi connectivity index (χ1) is 24.5. The number of esters is 1. The van der Waals surface area contributed by atoms with Crippen molar-refractivity contribution >= 4 is 29.5 Å². The molecule has 2 atom stereocenters. The minimum atomic E-state index is -0.539. The Hall–Kier alpha value is -1.28. The van der Waals surface area contributed by atoms with Gasteiger partial charge < -0.3 is 20.3 Å². The van der Waals surface area contributed by atoms with E-state index < -0.39 is 6.04 Å². The number of thioether (sulfide) groups is 1. The first-order valence-corrected chi connectivity index (χ1v) is 22.7. The van der Waals surface area contributed by atoms with Crippen molar-refractivity contribution in [2.75, 3.05) is 44.3 Å². The fourth-order valence-electron chi connectivity index (χ4n) is 6.90. The Morgan fingerprint density at radius 1 is 0.620 bits per heavy atom. The van der Waals surface area contributed by atoms with Crippen LogP contribution in [0.15, 0.2) is 0 Å². The van der Waals surface area contributed by atoms with Crippen LogP contribution in [0.4, 0.5) is 0 Å². The molecule has 0 aromatic rings. The zero-order valence-electron chi connectivity index (χ0n) is 33.2. The number of rotatable bonds is 35. The maximum absolute atomic E-state index is 13.7. The summed E-state index contributed by atoms with van der Waals surface area (Å²) in [5, 5.41) is 6.34. The predicted molar refractivity (Wildman–Crippen MR) is 215 cm³/mol. The van der Waals surface area contributed by atoms with E-state index in [4.69, 9.17) is 4.74 Å². The van der Waals surface area contributed by atoms with Crippen LogP contribution in [0, 0.1) is 5.92 Å². The number of nitrogens with one attached hydrogen (secondary N) is 2. The minimum absolute atomic E-state index is 0.0281. The van der Waals surface area contributed by atoms with Gasteiger partial charge in [0.2, 0.25) is 11.8 Å². The van der Waals surface area contributed by atoms with Crippen molar-refractivity contribution in [2.45, 2.75) is 200 Å². The van der Waals surface area contributed by atoms with Gasteiger partial charge in [-0.1, -0.05) is 149 Å². The first-order valence-electron chi connectivity index (χ1n) is 21.6. The molecule has 0 bridgehead atoms. The summed E-state index contributed by atoms with van der Waals surface area (Å²) in [6.45, 7) is 10.9. The van der Waals surface area contributed by atoms with Crippen molar-refractivity contribution in [3.8, 4) is 0 Å². The highest BCUT2D eigenvalue weighted by molar-refractivity contribution is 7.99. The van der Waals surface area contributed by atoms with Crippen LogP contribution in [0.2, 0.25) is 0 Å². The van der Waals surface area contributed by atoms with Crippen LogP contribution in [-0.2, 0) is 19.1 Å². The number of ether oxygens (including phenoxy) is 1. The number of hydrogen-bond donors (Lipinski definition) is 2.